The van der Waals surface area contributed by atoms with E-state index in [9.17, 15) is 18.0 Å². The molecule has 1 amide bonds. The standard InChI is InChI=1S/C21H26F3N5O2.ClH/c1-12-26-18(11-19(27-12)29(2)3)28-14-6-4-13(5-7-14)17-10-15(31-21(22,23)24)8-9-16(17)20(25)30;/h8-11,13-14H,4-7H2,1-3H3,(H2,25,30)(H,26,27,28);1H. The number of benzene rings is 1. The average molecular weight is 474 g/mol. The largest absolute Gasteiger partial charge is 0.573 e. The smallest absolute Gasteiger partial charge is 0.406 e. The monoisotopic (exact) mass is 473 g/mol. The Morgan fingerprint density at radius 2 is 1.81 bits per heavy atom. The van der Waals surface area contributed by atoms with Crippen LogP contribution < -0.4 is 20.7 Å². The highest BCUT2D eigenvalue weighted by Crippen LogP contribution is 2.38. The molecular weight excluding hydrogens is 447 g/mol. The summed E-state index contributed by atoms with van der Waals surface area (Å²) in [4.78, 5) is 22.5. The molecule has 0 aliphatic heterocycles. The van der Waals surface area contributed by atoms with E-state index in [0.717, 1.165) is 30.5 Å². The molecule has 0 bridgehead atoms. The van der Waals surface area contributed by atoms with Gasteiger partial charge in [-0.05, 0) is 62.3 Å². The zero-order chi connectivity index (χ0) is 22.8. The lowest BCUT2D eigenvalue weighted by Gasteiger charge is -2.31. The zero-order valence-electron chi connectivity index (χ0n) is 18.1. The van der Waals surface area contributed by atoms with Crippen LogP contribution >= 0.6 is 12.4 Å². The molecule has 11 heteroatoms. The molecule has 1 aliphatic carbocycles. The molecule has 0 unspecified atom stereocenters. The lowest BCUT2D eigenvalue weighted by molar-refractivity contribution is -0.274. The Kier molecular flexibility index (Phi) is 8.17. The fourth-order valence-corrected chi connectivity index (χ4v) is 3.91. The Morgan fingerprint density at radius 3 is 2.38 bits per heavy atom. The van der Waals surface area contributed by atoms with Crippen LogP contribution in [0, 0.1) is 6.92 Å². The highest BCUT2D eigenvalue weighted by Gasteiger charge is 2.32. The summed E-state index contributed by atoms with van der Waals surface area (Å²) in [6.07, 6.45) is -1.87. The van der Waals surface area contributed by atoms with Gasteiger partial charge in [0.15, 0.2) is 0 Å². The number of carbonyl (C=O) groups is 1. The summed E-state index contributed by atoms with van der Waals surface area (Å²) in [7, 11) is 3.81. The molecule has 0 atom stereocenters. The van der Waals surface area contributed by atoms with Crippen LogP contribution in [0.4, 0.5) is 24.8 Å². The number of nitrogens with zero attached hydrogens (tertiary/aromatic N) is 3. The number of primary amides is 1. The summed E-state index contributed by atoms with van der Waals surface area (Å²) >= 11 is 0. The molecule has 1 aliphatic rings. The fraction of sp³-hybridized carbons (Fsp3) is 0.476. The maximum absolute atomic E-state index is 12.6. The van der Waals surface area contributed by atoms with E-state index in [4.69, 9.17) is 5.73 Å². The summed E-state index contributed by atoms with van der Waals surface area (Å²) in [5.41, 5.74) is 6.18. The number of halogens is 4. The van der Waals surface area contributed by atoms with Gasteiger partial charge in [-0.3, -0.25) is 4.79 Å². The molecule has 1 fully saturated rings. The number of aromatic nitrogens is 2. The molecule has 1 aromatic heterocycles. The molecule has 3 N–H and O–H groups in total. The zero-order valence-corrected chi connectivity index (χ0v) is 18.9. The van der Waals surface area contributed by atoms with Crippen LogP contribution in [0.3, 0.4) is 0 Å². The minimum absolute atomic E-state index is 0. The number of nitrogens with one attached hydrogen (secondary N) is 1. The molecule has 2 aromatic rings. The van der Waals surface area contributed by atoms with E-state index >= 15 is 0 Å². The van der Waals surface area contributed by atoms with Crippen molar-refractivity contribution in [3.8, 4) is 5.75 Å². The van der Waals surface area contributed by atoms with Gasteiger partial charge in [-0.1, -0.05) is 0 Å². The number of rotatable bonds is 6. The number of carbonyl (C=O) groups excluding carboxylic acids is 1. The van der Waals surface area contributed by atoms with Gasteiger partial charge in [0, 0.05) is 31.8 Å². The fourth-order valence-electron chi connectivity index (χ4n) is 3.91. The van der Waals surface area contributed by atoms with Crippen LogP contribution in [0.1, 0.15) is 53.3 Å². The number of ether oxygens (including phenoxy) is 1. The Morgan fingerprint density at radius 1 is 1.16 bits per heavy atom. The predicted octanol–water partition coefficient (Wildman–Crippen LogP) is 4.41. The molecule has 1 saturated carbocycles. The molecule has 1 heterocycles. The summed E-state index contributed by atoms with van der Waals surface area (Å²) in [6.45, 7) is 1.83. The summed E-state index contributed by atoms with van der Waals surface area (Å²) in [6, 6.07) is 5.73. The Hall–Kier alpha value is -2.75. The van der Waals surface area contributed by atoms with E-state index in [1.54, 1.807) is 0 Å². The van der Waals surface area contributed by atoms with Gasteiger partial charge in [0.05, 0.1) is 0 Å². The van der Waals surface area contributed by atoms with Crippen LogP contribution in [0.15, 0.2) is 24.3 Å². The van der Waals surface area contributed by atoms with Gasteiger partial charge in [0.25, 0.3) is 0 Å². The van der Waals surface area contributed by atoms with Crippen LogP contribution in [-0.4, -0.2) is 42.4 Å². The summed E-state index contributed by atoms with van der Waals surface area (Å²) in [5, 5.41) is 3.43. The van der Waals surface area contributed by atoms with Gasteiger partial charge in [0.1, 0.15) is 23.2 Å². The van der Waals surface area contributed by atoms with E-state index in [1.807, 2.05) is 32.0 Å². The second-order valence-corrected chi connectivity index (χ2v) is 7.91. The van der Waals surface area contributed by atoms with Crippen LogP contribution in [0.5, 0.6) is 5.75 Å². The number of hydrogen-bond donors (Lipinski definition) is 2. The first-order chi connectivity index (χ1) is 14.5. The van der Waals surface area contributed by atoms with Gasteiger partial charge < -0.3 is 20.7 Å². The van der Waals surface area contributed by atoms with E-state index in [0.29, 0.717) is 24.2 Å². The second-order valence-electron chi connectivity index (χ2n) is 7.91. The molecular formula is C21H27ClF3N5O2. The van der Waals surface area contributed by atoms with Crippen molar-refractivity contribution in [3.05, 3.63) is 41.2 Å². The molecule has 32 heavy (non-hydrogen) atoms. The lowest BCUT2D eigenvalue weighted by atomic mass is 9.80. The van der Waals surface area contributed by atoms with Gasteiger partial charge in [-0.25, -0.2) is 9.97 Å². The molecule has 3 rings (SSSR count). The van der Waals surface area contributed by atoms with E-state index in [2.05, 4.69) is 20.0 Å². The van der Waals surface area contributed by atoms with Crippen molar-refractivity contribution in [1.82, 2.24) is 9.97 Å². The van der Waals surface area contributed by atoms with Crippen LogP contribution in [0.2, 0.25) is 0 Å². The Bertz CT molecular complexity index is 948. The first-order valence-corrected chi connectivity index (χ1v) is 10.0. The van der Waals surface area contributed by atoms with Gasteiger partial charge in [0.2, 0.25) is 5.91 Å². The third kappa shape index (κ3) is 6.62. The van der Waals surface area contributed by atoms with Crippen LogP contribution in [0.25, 0.3) is 0 Å². The topological polar surface area (TPSA) is 93.4 Å². The SMILES string of the molecule is Cc1nc(NC2CCC(c3cc(OC(F)(F)F)ccc3C(N)=O)CC2)cc(N(C)C)n1.Cl. The van der Waals surface area contributed by atoms with Crippen molar-refractivity contribution in [1.29, 1.82) is 0 Å². The lowest BCUT2D eigenvalue weighted by Crippen LogP contribution is -2.27. The van der Waals surface area contributed by atoms with Gasteiger partial charge in [-0.15, -0.1) is 25.6 Å². The highest BCUT2D eigenvalue weighted by molar-refractivity contribution is 5.94. The molecule has 7 nitrogen and oxygen atoms in total. The van der Waals surface area contributed by atoms with Crippen molar-refractivity contribution in [3.63, 3.8) is 0 Å². The summed E-state index contributed by atoms with van der Waals surface area (Å²) < 4.78 is 41.8. The van der Waals surface area contributed by atoms with Crippen molar-refractivity contribution >= 4 is 29.9 Å². The average Bonchev–Trinajstić information content (AvgIpc) is 2.66. The maximum atomic E-state index is 12.6. The molecule has 176 valence electrons. The Labute approximate surface area is 191 Å². The number of hydrogen-bond acceptors (Lipinski definition) is 6. The number of nitrogens with two attached hydrogens (primary N) is 1. The predicted molar refractivity (Wildman–Crippen MR) is 119 cm³/mol. The Balaban J connectivity index is 0.00000363. The van der Waals surface area contributed by atoms with Crippen molar-refractivity contribution in [2.75, 3.05) is 24.3 Å². The molecule has 1 aromatic carbocycles. The molecule has 0 spiro atoms. The third-order valence-electron chi connectivity index (χ3n) is 5.32. The van der Waals surface area contributed by atoms with Crippen molar-refractivity contribution in [2.24, 2.45) is 5.73 Å². The number of amides is 1. The highest BCUT2D eigenvalue weighted by atomic mass is 35.5. The van der Waals surface area contributed by atoms with Crippen molar-refractivity contribution < 1.29 is 22.7 Å². The number of anilines is 2. The normalized spacial score (nSPS) is 18.4. The minimum Gasteiger partial charge on any atom is -0.406 e. The van der Waals surface area contributed by atoms with Crippen molar-refractivity contribution in [2.45, 2.75) is 50.9 Å². The first kappa shape index (κ1) is 25.5. The van der Waals surface area contributed by atoms with E-state index < -0.39 is 12.3 Å². The number of alkyl halides is 3. The van der Waals surface area contributed by atoms with E-state index in [-0.39, 0.29) is 35.7 Å². The van der Waals surface area contributed by atoms with Crippen LogP contribution in [-0.2, 0) is 0 Å². The van der Waals surface area contributed by atoms with Gasteiger partial charge in [-0.2, -0.15) is 0 Å². The summed E-state index contributed by atoms with van der Waals surface area (Å²) in [5.74, 6) is 1.10. The third-order valence-corrected chi connectivity index (χ3v) is 5.32. The van der Waals surface area contributed by atoms with E-state index in [1.165, 1.54) is 12.1 Å². The quantitative estimate of drug-likeness (QED) is 0.645. The maximum Gasteiger partial charge on any atom is 0.573 e. The second kappa shape index (κ2) is 10.2. The number of aryl methyl sites for hydroxylation is 1. The first-order valence-electron chi connectivity index (χ1n) is 10.0. The minimum atomic E-state index is -4.80. The molecule has 0 radical (unpaired) electrons. The van der Waals surface area contributed by atoms with Gasteiger partial charge >= 0.3 is 6.36 Å². The molecule has 0 saturated heterocycles.